The van der Waals surface area contributed by atoms with Crippen LogP contribution in [0.25, 0.3) is 0 Å². The largest absolute Gasteiger partial charge is 0.481 e. The highest BCUT2D eigenvalue weighted by molar-refractivity contribution is 6.00. The lowest BCUT2D eigenvalue weighted by molar-refractivity contribution is -0.153. The number of benzene rings is 1. The molecule has 0 radical (unpaired) electrons. The zero-order chi connectivity index (χ0) is 15.0. The number of carboxylic acids is 1. The molecule has 1 aliphatic heterocycles. The zero-order valence-electron chi connectivity index (χ0n) is 11.6. The molecule has 1 aromatic rings. The minimum atomic E-state index is -0.918. The summed E-state index contributed by atoms with van der Waals surface area (Å²) in [6.07, 6.45) is 2.18. The Morgan fingerprint density at radius 1 is 1.10 bits per heavy atom. The van der Waals surface area contributed by atoms with Gasteiger partial charge in [-0.1, -0.05) is 24.3 Å². The van der Waals surface area contributed by atoms with Gasteiger partial charge in [-0.25, -0.2) is 0 Å². The lowest BCUT2D eigenvalue weighted by atomic mass is 9.95. The first-order valence-electron chi connectivity index (χ1n) is 7.20. The first-order chi connectivity index (χ1) is 10.1. The molecule has 1 N–H and O–H groups in total. The molecule has 0 spiro atoms. The van der Waals surface area contributed by atoms with Crippen LogP contribution in [0.1, 0.15) is 30.4 Å². The van der Waals surface area contributed by atoms with Crippen LogP contribution in [0, 0.1) is 11.8 Å². The Morgan fingerprint density at radius 3 is 2.24 bits per heavy atom. The second-order valence-electron chi connectivity index (χ2n) is 5.81. The van der Waals surface area contributed by atoms with Crippen LogP contribution in [-0.4, -0.2) is 27.8 Å². The molecule has 2 amide bonds. The molecule has 2 bridgehead atoms. The average Bonchev–Trinajstić information content (AvgIpc) is 2.90. The molecule has 110 valence electrons. The van der Waals surface area contributed by atoms with E-state index in [4.69, 9.17) is 5.11 Å². The van der Waals surface area contributed by atoms with Crippen LogP contribution in [-0.2, 0) is 27.3 Å². The smallest absolute Gasteiger partial charge is 0.307 e. The van der Waals surface area contributed by atoms with E-state index in [0.717, 1.165) is 18.4 Å². The summed E-state index contributed by atoms with van der Waals surface area (Å²) < 4.78 is 0. The number of aliphatic carboxylic acids is 1. The van der Waals surface area contributed by atoms with E-state index in [1.54, 1.807) is 24.3 Å². The highest BCUT2D eigenvalue weighted by Gasteiger charge is 2.45. The van der Waals surface area contributed by atoms with E-state index in [-0.39, 0.29) is 36.6 Å². The number of hydrogen-bond donors (Lipinski definition) is 1. The van der Waals surface area contributed by atoms with Gasteiger partial charge in [0.1, 0.15) is 0 Å². The monoisotopic (exact) mass is 287 g/mol. The second kappa shape index (κ2) is 5.31. The number of carbonyl (C=O) groups is 3. The molecular formula is C16H17NO4. The maximum absolute atomic E-state index is 12.3. The van der Waals surface area contributed by atoms with Crippen molar-refractivity contribution >= 4 is 17.8 Å². The molecule has 2 aliphatic rings. The number of imide groups is 1. The highest BCUT2D eigenvalue weighted by atomic mass is 16.4. The number of carbonyl (C=O) groups excluding carboxylic acids is 2. The normalized spacial score (nSPS) is 24.5. The zero-order valence-corrected chi connectivity index (χ0v) is 11.6. The summed E-state index contributed by atoms with van der Waals surface area (Å²) in [4.78, 5) is 36.9. The van der Waals surface area contributed by atoms with Crippen molar-refractivity contribution in [2.24, 2.45) is 11.8 Å². The summed E-state index contributed by atoms with van der Waals surface area (Å²) in [5.41, 5.74) is 1.39. The van der Waals surface area contributed by atoms with Crippen LogP contribution >= 0.6 is 0 Å². The van der Waals surface area contributed by atoms with Gasteiger partial charge in [-0.2, -0.15) is 0 Å². The minimum absolute atomic E-state index is 0.0284. The van der Waals surface area contributed by atoms with E-state index in [1.807, 2.05) is 0 Å². The van der Waals surface area contributed by atoms with Crippen molar-refractivity contribution in [3.8, 4) is 0 Å². The minimum Gasteiger partial charge on any atom is -0.481 e. The van der Waals surface area contributed by atoms with E-state index >= 15 is 0 Å². The lowest BCUT2D eigenvalue weighted by Gasteiger charge is -2.30. The van der Waals surface area contributed by atoms with E-state index in [2.05, 4.69) is 0 Å². The third-order valence-electron chi connectivity index (χ3n) is 4.45. The molecule has 1 heterocycles. The maximum Gasteiger partial charge on any atom is 0.307 e. The third kappa shape index (κ3) is 2.55. The fraction of sp³-hybridized carbons (Fsp3) is 0.438. The predicted molar refractivity (Wildman–Crippen MR) is 74.2 cm³/mol. The van der Waals surface area contributed by atoms with Crippen molar-refractivity contribution in [2.75, 3.05) is 0 Å². The molecule has 1 aliphatic carbocycles. The third-order valence-corrected chi connectivity index (χ3v) is 4.45. The summed E-state index contributed by atoms with van der Waals surface area (Å²) in [7, 11) is 0. The topological polar surface area (TPSA) is 74.7 Å². The molecule has 21 heavy (non-hydrogen) atoms. The van der Waals surface area contributed by atoms with Crippen LogP contribution in [0.4, 0.5) is 0 Å². The SMILES string of the molecule is O=C(O)Cc1ccccc1CN1C(=O)C2CCC(C2)C1=O. The first kappa shape index (κ1) is 13.8. The number of likely N-dealkylation sites (tertiary alicyclic amines) is 1. The number of fused-ring (bicyclic) bond motifs is 2. The molecule has 5 heteroatoms. The molecule has 1 saturated heterocycles. The van der Waals surface area contributed by atoms with Gasteiger partial charge in [0.2, 0.25) is 11.8 Å². The number of rotatable bonds is 4. The van der Waals surface area contributed by atoms with E-state index in [1.165, 1.54) is 4.90 Å². The number of nitrogens with zero attached hydrogens (tertiary/aromatic N) is 1. The summed E-state index contributed by atoms with van der Waals surface area (Å²) in [5.74, 6) is -1.17. The fourth-order valence-electron chi connectivity index (χ4n) is 3.35. The van der Waals surface area contributed by atoms with Crippen molar-refractivity contribution in [3.05, 3.63) is 35.4 Å². The van der Waals surface area contributed by atoms with Gasteiger partial charge >= 0.3 is 5.97 Å². The highest BCUT2D eigenvalue weighted by Crippen LogP contribution is 2.38. The maximum atomic E-state index is 12.3. The number of hydrogen-bond acceptors (Lipinski definition) is 3. The fourth-order valence-corrected chi connectivity index (χ4v) is 3.35. The van der Waals surface area contributed by atoms with Gasteiger partial charge in [-0.15, -0.1) is 0 Å². The second-order valence-corrected chi connectivity index (χ2v) is 5.81. The molecule has 2 fully saturated rings. The van der Waals surface area contributed by atoms with Crippen LogP contribution < -0.4 is 0 Å². The van der Waals surface area contributed by atoms with Gasteiger partial charge in [-0.3, -0.25) is 19.3 Å². The van der Waals surface area contributed by atoms with E-state index < -0.39 is 5.97 Å². The molecule has 5 nitrogen and oxygen atoms in total. The lowest BCUT2D eigenvalue weighted by Crippen LogP contribution is -2.45. The van der Waals surface area contributed by atoms with Crippen LogP contribution in [0.3, 0.4) is 0 Å². The van der Waals surface area contributed by atoms with Crippen molar-refractivity contribution in [2.45, 2.75) is 32.2 Å². The van der Waals surface area contributed by atoms with Gasteiger partial charge in [0.25, 0.3) is 0 Å². The van der Waals surface area contributed by atoms with Crippen molar-refractivity contribution in [1.29, 1.82) is 0 Å². The van der Waals surface area contributed by atoms with Gasteiger partial charge in [0.15, 0.2) is 0 Å². The molecule has 0 aromatic heterocycles. The first-order valence-corrected chi connectivity index (χ1v) is 7.20. The quantitative estimate of drug-likeness (QED) is 0.854. The van der Waals surface area contributed by atoms with Crippen molar-refractivity contribution < 1.29 is 19.5 Å². The van der Waals surface area contributed by atoms with Crippen LogP contribution in [0.2, 0.25) is 0 Å². The molecule has 3 rings (SSSR count). The van der Waals surface area contributed by atoms with Gasteiger partial charge in [-0.05, 0) is 30.4 Å². The number of piperidine rings is 1. The molecule has 2 unspecified atom stereocenters. The van der Waals surface area contributed by atoms with Gasteiger partial charge in [0, 0.05) is 11.8 Å². The van der Waals surface area contributed by atoms with Gasteiger partial charge in [0.05, 0.1) is 13.0 Å². The molecule has 1 aromatic carbocycles. The summed E-state index contributed by atoms with van der Waals surface area (Å²) in [6, 6.07) is 7.09. The Labute approximate surface area is 122 Å². The molecule has 1 saturated carbocycles. The predicted octanol–water partition coefficient (Wildman–Crippen LogP) is 1.60. The Balaban J connectivity index is 1.85. The van der Waals surface area contributed by atoms with Crippen molar-refractivity contribution in [1.82, 2.24) is 4.90 Å². The average molecular weight is 287 g/mol. The van der Waals surface area contributed by atoms with E-state index in [0.29, 0.717) is 12.0 Å². The number of carboxylic acid groups (broad SMARTS) is 1. The molecule has 2 atom stereocenters. The van der Waals surface area contributed by atoms with Crippen LogP contribution in [0.15, 0.2) is 24.3 Å². The summed E-state index contributed by atoms with van der Waals surface area (Å²) in [6.45, 7) is 0.189. The van der Waals surface area contributed by atoms with Crippen LogP contribution in [0.5, 0.6) is 0 Å². The molecular weight excluding hydrogens is 270 g/mol. The summed E-state index contributed by atoms with van der Waals surface area (Å²) >= 11 is 0. The Hall–Kier alpha value is -2.17. The van der Waals surface area contributed by atoms with E-state index in [9.17, 15) is 14.4 Å². The Bertz CT molecular complexity index is 588. The summed E-state index contributed by atoms with van der Waals surface area (Å²) in [5, 5.41) is 8.95. The standard InChI is InChI=1S/C16H17NO4/c18-14(19)8-10-3-1-2-4-13(10)9-17-15(20)11-5-6-12(7-11)16(17)21/h1-4,11-12H,5-9H2,(H,18,19). The Morgan fingerprint density at radius 2 is 1.67 bits per heavy atom. The Kier molecular flexibility index (Phi) is 3.49. The number of amides is 2. The van der Waals surface area contributed by atoms with Crippen molar-refractivity contribution in [3.63, 3.8) is 0 Å². The van der Waals surface area contributed by atoms with Gasteiger partial charge < -0.3 is 5.11 Å².